The van der Waals surface area contributed by atoms with Gasteiger partial charge in [0, 0.05) is 63.0 Å². The number of hydrogen-bond acceptors (Lipinski definition) is 8. The minimum absolute atomic E-state index is 0.0695. The number of nitro benzene ring substituents is 2. The molecule has 2 aliphatic rings. The van der Waals surface area contributed by atoms with Crippen LogP contribution in [0.1, 0.15) is 6.42 Å². The van der Waals surface area contributed by atoms with Gasteiger partial charge in [0.25, 0.3) is 17.3 Å². The predicted molar refractivity (Wildman–Crippen MR) is 113 cm³/mol. The second-order valence-electron chi connectivity index (χ2n) is 7.42. The highest BCUT2D eigenvalue weighted by molar-refractivity contribution is 5.97. The number of nitro groups is 2. The molecule has 2 heterocycles. The Hall–Kier alpha value is -3.73. The van der Waals surface area contributed by atoms with Crippen LogP contribution in [0.25, 0.3) is 0 Å². The highest BCUT2D eigenvalue weighted by atomic mass is 16.6. The van der Waals surface area contributed by atoms with Crippen molar-refractivity contribution in [3.8, 4) is 5.75 Å². The summed E-state index contributed by atoms with van der Waals surface area (Å²) in [7, 11) is 0. The molecule has 0 unspecified atom stereocenters. The molecule has 2 aromatic carbocycles. The Labute approximate surface area is 177 Å². The van der Waals surface area contributed by atoms with E-state index in [1.807, 2.05) is 0 Å². The lowest BCUT2D eigenvalue weighted by Crippen LogP contribution is -2.48. The Bertz CT molecular complexity index is 1000. The van der Waals surface area contributed by atoms with Gasteiger partial charge in [-0.05, 0) is 18.2 Å². The van der Waals surface area contributed by atoms with Gasteiger partial charge in [-0.3, -0.25) is 29.9 Å². The van der Waals surface area contributed by atoms with E-state index in [9.17, 15) is 25.0 Å². The predicted octanol–water partition coefficient (Wildman–Crippen LogP) is 2.41. The lowest BCUT2D eigenvalue weighted by Gasteiger charge is -2.36. The van der Waals surface area contributed by atoms with Crippen molar-refractivity contribution in [3.63, 3.8) is 0 Å². The van der Waals surface area contributed by atoms with Crippen LogP contribution in [0, 0.1) is 20.2 Å². The molecule has 0 bridgehead atoms. The monoisotopic (exact) mass is 427 g/mol. The van der Waals surface area contributed by atoms with E-state index in [-0.39, 0.29) is 17.3 Å². The van der Waals surface area contributed by atoms with Crippen LogP contribution in [0.3, 0.4) is 0 Å². The van der Waals surface area contributed by atoms with Gasteiger partial charge in [-0.15, -0.1) is 0 Å². The van der Waals surface area contributed by atoms with Crippen LogP contribution in [0.5, 0.6) is 5.75 Å². The Kier molecular flexibility index (Phi) is 5.67. The molecule has 2 aliphatic heterocycles. The number of ether oxygens (including phenoxy) is 1. The van der Waals surface area contributed by atoms with E-state index >= 15 is 0 Å². The number of non-ortho nitro benzene ring substituents is 2. The van der Waals surface area contributed by atoms with Gasteiger partial charge in [0.05, 0.1) is 21.6 Å². The molecule has 0 saturated carbocycles. The molecule has 1 atom stereocenters. The lowest BCUT2D eigenvalue weighted by atomic mass is 10.1. The topological polar surface area (TPSA) is 131 Å². The minimum Gasteiger partial charge on any atom is -0.478 e. The van der Waals surface area contributed by atoms with Crippen LogP contribution in [0.4, 0.5) is 22.7 Å². The van der Waals surface area contributed by atoms with Crippen molar-refractivity contribution in [3.05, 3.63) is 62.7 Å². The summed E-state index contributed by atoms with van der Waals surface area (Å²) >= 11 is 0. The van der Waals surface area contributed by atoms with Crippen LogP contribution in [-0.2, 0) is 4.79 Å². The first-order chi connectivity index (χ1) is 14.9. The normalized spacial score (nSPS) is 18.6. The zero-order valence-electron chi connectivity index (χ0n) is 16.6. The van der Waals surface area contributed by atoms with Gasteiger partial charge >= 0.3 is 0 Å². The summed E-state index contributed by atoms with van der Waals surface area (Å²) in [6, 6.07) is 10.6. The fourth-order valence-corrected chi connectivity index (χ4v) is 3.75. The van der Waals surface area contributed by atoms with Gasteiger partial charge in [-0.25, -0.2) is 0 Å². The summed E-state index contributed by atoms with van der Waals surface area (Å²) < 4.78 is 5.74. The average molecular weight is 427 g/mol. The molecule has 0 aromatic heterocycles. The number of amides is 1. The van der Waals surface area contributed by atoms with Gasteiger partial charge in [0.15, 0.2) is 11.9 Å². The molecule has 2 aromatic rings. The van der Waals surface area contributed by atoms with Gasteiger partial charge in [0.2, 0.25) is 0 Å². The van der Waals surface area contributed by atoms with E-state index in [1.54, 1.807) is 12.1 Å². The quantitative estimate of drug-likeness (QED) is 0.549. The molecule has 162 valence electrons. The highest BCUT2D eigenvalue weighted by Gasteiger charge is 2.29. The maximum absolute atomic E-state index is 12.3. The Morgan fingerprint density at radius 3 is 2.26 bits per heavy atom. The molecular formula is C20H21N5O6. The number of nitrogens with one attached hydrogen (secondary N) is 1. The van der Waals surface area contributed by atoms with Crippen molar-refractivity contribution in [2.45, 2.75) is 12.5 Å². The van der Waals surface area contributed by atoms with Crippen molar-refractivity contribution >= 4 is 28.7 Å². The highest BCUT2D eigenvalue weighted by Crippen LogP contribution is 2.33. The molecule has 1 saturated heterocycles. The summed E-state index contributed by atoms with van der Waals surface area (Å²) in [6.07, 6.45) is -0.243. The van der Waals surface area contributed by atoms with Crippen molar-refractivity contribution in [2.75, 3.05) is 42.9 Å². The van der Waals surface area contributed by atoms with Gasteiger partial charge in [0.1, 0.15) is 0 Å². The smallest absolute Gasteiger partial charge is 0.273 e. The molecular weight excluding hydrogens is 406 g/mol. The number of benzene rings is 2. The first kappa shape index (κ1) is 20.5. The summed E-state index contributed by atoms with van der Waals surface area (Å²) in [5.74, 6) is 0.0488. The third kappa shape index (κ3) is 4.56. The van der Waals surface area contributed by atoms with Crippen molar-refractivity contribution < 1.29 is 19.4 Å². The largest absolute Gasteiger partial charge is 0.478 e. The minimum atomic E-state index is -0.706. The van der Waals surface area contributed by atoms with E-state index < -0.39 is 16.0 Å². The van der Waals surface area contributed by atoms with E-state index in [0.29, 0.717) is 24.4 Å². The molecule has 4 rings (SSSR count). The number of piperazine rings is 1. The molecule has 31 heavy (non-hydrogen) atoms. The maximum atomic E-state index is 12.3. The van der Waals surface area contributed by atoms with Crippen LogP contribution in [0.15, 0.2) is 42.5 Å². The summed E-state index contributed by atoms with van der Waals surface area (Å²) in [5.41, 5.74) is 1.36. The van der Waals surface area contributed by atoms with Crippen molar-refractivity contribution in [2.24, 2.45) is 0 Å². The molecule has 1 N–H and O–H groups in total. The van der Waals surface area contributed by atoms with Gasteiger partial charge in [-0.2, -0.15) is 0 Å². The summed E-state index contributed by atoms with van der Waals surface area (Å²) in [4.78, 5) is 37.5. The third-order valence-electron chi connectivity index (χ3n) is 5.50. The number of rotatable bonds is 6. The van der Waals surface area contributed by atoms with Gasteiger partial charge < -0.3 is 15.0 Å². The zero-order chi connectivity index (χ0) is 22.0. The fraction of sp³-hybridized carbons (Fsp3) is 0.350. The number of carbonyl (C=O) groups excluding carboxylic acids is 1. The average Bonchev–Trinajstić information content (AvgIpc) is 2.77. The number of carbonyl (C=O) groups is 1. The van der Waals surface area contributed by atoms with E-state index in [4.69, 9.17) is 4.74 Å². The fourth-order valence-electron chi connectivity index (χ4n) is 3.75. The summed E-state index contributed by atoms with van der Waals surface area (Å²) in [5, 5.41) is 24.5. The van der Waals surface area contributed by atoms with Crippen LogP contribution < -0.4 is 15.0 Å². The molecule has 11 nitrogen and oxygen atoms in total. The molecule has 0 radical (unpaired) electrons. The molecule has 11 heteroatoms. The van der Waals surface area contributed by atoms with Crippen LogP contribution in [-0.4, -0.2) is 59.5 Å². The molecule has 0 spiro atoms. The molecule has 0 aliphatic carbocycles. The Balaban J connectivity index is 1.29. The van der Waals surface area contributed by atoms with Crippen LogP contribution in [0.2, 0.25) is 0 Å². The second-order valence-corrected chi connectivity index (χ2v) is 7.42. The first-order valence-corrected chi connectivity index (χ1v) is 9.88. The SMILES string of the molecule is O=C1Nc2ccc([N+](=O)[O-])cc2O[C@@H]1CCN1CCN(c2ccc([N+](=O)[O-])cc2)CC1. The first-order valence-electron chi connectivity index (χ1n) is 9.88. The number of fused-ring (bicyclic) bond motifs is 1. The number of nitrogens with zero attached hydrogens (tertiary/aromatic N) is 4. The molecule has 1 amide bonds. The zero-order valence-corrected chi connectivity index (χ0v) is 16.6. The Morgan fingerprint density at radius 2 is 1.61 bits per heavy atom. The third-order valence-corrected chi connectivity index (χ3v) is 5.50. The van der Waals surface area contributed by atoms with E-state index in [0.717, 1.165) is 31.9 Å². The number of hydrogen-bond donors (Lipinski definition) is 1. The van der Waals surface area contributed by atoms with E-state index in [2.05, 4.69) is 15.1 Å². The van der Waals surface area contributed by atoms with Crippen molar-refractivity contribution in [1.29, 1.82) is 0 Å². The van der Waals surface area contributed by atoms with Crippen molar-refractivity contribution in [1.82, 2.24) is 4.90 Å². The Morgan fingerprint density at radius 1 is 0.968 bits per heavy atom. The van der Waals surface area contributed by atoms with Crippen LogP contribution >= 0.6 is 0 Å². The standard InChI is InChI=1S/C20H21N5O6/c26-20-18(31-19-13-16(25(29)30)5-6-17(19)21-20)7-8-22-9-11-23(12-10-22)14-1-3-15(4-2-14)24(27)28/h1-6,13,18H,7-12H2,(H,21,26)/t18-/m1/s1. The van der Waals surface area contributed by atoms with Gasteiger partial charge in [-0.1, -0.05) is 0 Å². The summed E-state index contributed by atoms with van der Waals surface area (Å²) in [6.45, 7) is 3.76. The second kappa shape index (κ2) is 8.56. The molecule has 1 fully saturated rings. The van der Waals surface area contributed by atoms with E-state index in [1.165, 1.54) is 30.3 Å². The lowest BCUT2D eigenvalue weighted by molar-refractivity contribution is -0.385. The number of anilines is 2. The maximum Gasteiger partial charge on any atom is 0.273 e.